The largest absolute Gasteiger partial charge is 0.465 e. The van der Waals surface area contributed by atoms with E-state index in [0.717, 1.165) is 0 Å². The van der Waals surface area contributed by atoms with E-state index in [2.05, 4.69) is 10.1 Å². The van der Waals surface area contributed by atoms with Gasteiger partial charge in [-0.2, -0.15) is 0 Å². The third-order valence-electron chi connectivity index (χ3n) is 4.74. The lowest BCUT2D eigenvalue weighted by atomic mass is 10.1. The summed E-state index contributed by atoms with van der Waals surface area (Å²) in [5.74, 6) is -2.93. The van der Waals surface area contributed by atoms with Gasteiger partial charge >= 0.3 is 11.9 Å². The molecule has 11 nitrogen and oxygen atoms in total. The number of anilines is 2. The zero-order valence-corrected chi connectivity index (χ0v) is 17.0. The molecule has 3 rings (SSSR count). The minimum atomic E-state index is -0.756. The van der Waals surface area contributed by atoms with Crippen molar-refractivity contribution in [3.05, 3.63) is 64.2 Å². The molecule has 2 amide bonds. The Kier molecular flexibility index (Phi) is 6.78. The topological polar surface area (TPSA) is 145 Å². The van der Waals surface area contributed by atoms with Crippen LogP contribution in [0.3, 0.4) is 0 Å². The van der Waals surface area contributed by atoms with E-state index < -0.39 is 35.3 Å². The number of nitro benzene ring substituents is 1. The summed E-state index contributed by atoms with van der Waals surface area (Å²) in [6, 6.07) is 11.5. The molecule has 11 heteroatoms. The summed E-state index contributed by atoms with van der Waals surface area (Å²) in [6.07, 6.45) is -0.0793. The highest BCUT2D eigenvalue weighted by atomic mass is 16.6. The van der Waals surface area contributed by atoms with E-state index in [1.807, 2.05) is 0 Å². The molecule has 166 valence electrons. The SMILES string of the molecule is COC(=O)c1ccc(N2C[C@@H](C(=O)OCC(=O)Nc3cccc([N+](=O)[O-])c3)CC2=O)cc1. The molecule has 1 atom stereocenters. The number of non-ortho nitro benzene ring substituents is 1. The number of rotatable bonds is 7. The fourth-order valence-electron chi connectivity index (χ4n) is 3.16. The molecule has 2 aromatic carbocycles. The van der Waals surface area contributed by atoms with E-state index in [9.17, 15) is 29.3 Å². The van der Waals surface area contributed by atoms with Crippen molar-refractivity contribution in [2.45, 2.75) is 6.42 Å². The van der Waals surface area contributed by atoms with Gasteiger partial charge in [0, 0.05) is 36.5 Å². The van der Waals surface area contributed by atoms with Crippen molar-refractivity contribution in [2.24, 2.45) is 5.92 Å². The average molecular weight is 441 g/mol. The molecule has 0 aliphatic carbocycles. The molecule has 0 aromatic heterocycles. The smallest absolute Gasteiger partial charge is 0.337 e. The van der Waals surface area contributed by atoms with Gasteiger partial charge in [-0.1, -0.05) is 6.07 Å². The van der Waals surface area contributed by atoms with Crippen LogP contribution in [0.25, 0.3) is 0 Å². The monoisotopic (exact) mass is 441 g/mol. The van der Waals surface area contributed by atoms with Crippen LogP contribution in [0, 0.1) is 16.0 Å². The molecule has 1 N–H and O–H groups in total. The van der Waals surface area contributed by atoms with Crippen LogP contribution in [0.2, 0.25) is 0 Å². The second kappa shape index (κ2) is 9.69. The van der Waals surface area contributed by atoms with E-state index >= 15 is 0 Å². The van der Waals surface area contributed by atoms with Crippen molar-refractivity contribution >= 4 is 40.8 Å². The summed E-state index contributed by atoms with van der Waals surface area (Å²) in [4.78, 5) is 59.7. The summed E-state index contributed by atoms with van der Waals surface area (Å²) in [5, 5.41) is 13.2. The van der Waals surface area contributed by atoms with E-state index in [1.54, 1.807) is 12.1 Å². The first-order valence-electron chi connectivity index (χ1n) is 9.48. The Morgan fingerprint density at radius 3 is 2.56 bits per heavy atom. The van der Waals surface area contributed by atoms with E-state index in [1.165, 1.54) is 48.4 Å². The fraction of sp³-hybridized carbons (Fsp3) is 0.238. The normalized spacial score (nSPS) is 15.2. The number of benzene rings is 2. The first-order valence-corrected chi connectivity index (χ1v) is 9.48. The standard InChI is InChI=1S/C21H19N3O8/c1-31-20(27)13-5-7-16(8-6-13)23-11-14(9-19(23)26)21(28)32-12-18(25)22-15-3-2-4-17(10-15)24(29)30/h2-8,10,14H,9,11-12H2,1H3,(H,22,25)/t14-/m0/s1. The summed E-state index contributed by atoms with van der Waals surface area (Å²) < 4.78 is 9.64. The Hall–Kier alpha value is -4.28. The Bertz CT molecular complexity index is 1070. The van der Waals surface area contributed by atoms with Gasteiger partial charge in [-0.25, -0.2) is 4.79 Å². The number of carbonyl (C=O) groups excluding carboxylic acids is 4. The third kappa shape index (κ3) is 5.25. The number of hydrogen-bond acceptors (Lipinski definition) is 8. The summed E-state index contributed by atoms with van der Waals surface area (Å²) in [5.41, 5.74) is 0.844. The Morgan fingerprint density at radius 2 is 1.91 bits per heavy atom. The van der Waals surface area contributed by atoms with Gasteiger partial charge < -0.3 is 19.7 Å². The molecular formula is C21H19N3O8. The van der Waals surface area contributed by atoms with Gasteiger partial charge in [0.05, 0.1) is 23.5 Å². The van der Waals surface area contributed by atoms with Crippen molar-refractivity contribution in [3.8, 4) is 0 Å². The van der Waals surface area contributed by atoms with Gasteiger partial charge in [0.15, 0.2) is 6.61 Å². The Labute approximate surface area is 182 Å². The highest BCUT2D eigenvalue weighted by molar-refractivity contribution is 6.00. The molecule has 0 unspecified atom stereocenters. The lowest BCUT2D eigenvalue weighted by molar-refractivity contribution is -0.384. The van der Waals surface area contributed by atoms with Crippen LogP contribution in [-0.4, -0.2) is 48.9 Å². The van der Waals surface area contributed by atoms with Gasteiger partial charge in [0.25, 0.3) is 11.6 Å². The van der Waals surface area contributed by atoms with Crippen LogP contribution in [-0.2, 0) is 23.9 Å². The molecule has 1 aliphatic rings. The summed E-state index contributed by atoms with van der Waals surface area (Å²) in [7, 11) is 1.26. The van der Waals surface area contributed by atoms with Crippen LogP contribution in [0.4, 0.5) is 17.1 Å². The van der Waals surface area contributed by atoms with Crippen LogP contribution >= 0.6 is 0 Å². The number of methoxy groups -OCH3 is 1. The first kappa shape index (κ1) is 22.4. The van der Waals surface area contributed by atoms with Crippen molar-refractivity contribution in [1.29, 1.82) is 0 Å². The highest BCUT2D eigenvalue weighted by Gasteiger charge is 2.36. The highest BCUT2D eigenvalue weighted by Crippen LogP contribution is 2.26. The van der Waals surface area contributed by atoms with E-state index in [-0.39, 0.29) is 30.2 Å². The number of nitro groups is 1. The zero-order valence-electron chi connectivity index (χ0n) is 17.0. The van der Waals surface area contributed by atoms with Gasteiger partial charge in [-0.05, 0) is 30.3 Å². The molecule has 0 bridgehead atoms. The van der Waals surface area contributed by atoms with E-state index in [4.69, 9.17) is 4.74 Å². The van der Waals surface area contributed by atoms with Gasteiger partial charge in [-0.3, -0.25) is 24.5 Å². The molecule has 0 radical (unpaired) electrons. The summed E-state index contributed by atoms with van der Waals surface area (Å²) >= 11 is 0. The van der Waals surface area contributed by atoms with Crippen LogP contribution < -0.4 is 10.2 Å². The predicted octanol–water partition coefficient (Wildman–Crippen LogP) is 1.92. The number of amides is 2. The number of ether oxygens (including phenoxy) is 2. The predicted molar refractivity (Wildman–Crippen MR) is 111 cm³/mol. The lowest BCUT2D eigenvalue weighted by Crippen LogP contribution is -2.28. The molecule has 1 fully saturated rings. The second-order valence-corrected chi connectivity index (χ2v) is 6.91. The van der Waals surface area contributed by atoms with Crippen molar-refractivity contribution in [3.63, 3.8) is 0 Å². The fourth-order valence-corrected chi connectivity index (χ4v) is 3.16. The number of esters is 2. The van der Waals surface area contributed by atoms with Crippen molar-refractivity contribution in [2.75, 3.05) is 30.5 Å². The maximum absolute atomic E-state index is 12.3. The van der Waals surface area contributed by atoms with Gasteiger partial charge in [0.2, 0.25) is 5.91 Å². The van der Waals surface area contributed by atoms with Gasteiger partial charge in [-0.15, -0.1) is 0 Å². The number of hydrogen-bond donors (Lipinski definition) is 1. The van der Waals surface area contributed by atoms with Gasteiger partial charge in [0.1, 0.15) is 0 Å². The number of nitrogens with zero attached hydrogens (tertiary/aromatic N) is 2. The molecule has 32 heavy (non-hydrogen) atoms. The average Bonchev–Trinajstić information content (AvgIpc) is 3.18. The number of nitrogens with one attached hydrogen (secondary N) is 1. The minimum Gasteiger partial charge on any atom is -0.465 e. The van der Waals surface area contributed by atoms with E-state index in [0.29, 0.717) is 11.3 Å². The summed E-state index contributed by atoms with van der Waals surface area (Å²) in [6.45, 7) is -0.526. The second-order valence-electron chi connectivity index (χ2n) is 6.91. The molecular weight excluding hydrogens is 422 g/mol. The number of carbonyl (C=O) groups is 4. The van der Waals surface area contributed by atoms with Crippen molar-refractivity contribution in [1.82, 2.24) is 0 Å². The van der Waals surface area contributed by atoms with Crippen LogP contribution in [0.15, 0.2) is 48.5 Å². The van der Waals surface area contributed by atoms with Crippen LogP contribution in [0.1, 0.15) is 16.8 Å². The Morgan fingerprint density at radius 1 is 1.19 bits per heavy atom. The zero-order chi connectivity index (χ0) is 23.3. The molecule has 1 heterocycles. The maximum Gasteiger partial charge on any atom is 0.337 e. The first-order chi connectivity index (χ1) is 15.3. The molecule has 0 spiro atoms. The Balaban J connectivity index is 1.53. The lowest BCUT2D eigenvalue weighted by Gasteiger charge is -2.16. The van der Waals surface area contributed by atoms with Crippen LogP contribution in [0.5, 0.6) is 0 Å². The van der Waals surface area contributed by atoms with Crippen molar-refractivity contribution < 1.29 is 33.6 Å². The molecule has 0 saturated carbocycles. The molecule has 1 aliphatic heterocycles. The maximum atomic E-state index is 12.3. The minimum absolute atomic E-state index is 0.0712. The molecule has 2 aromatic rings. The quantitative estimate of drug-likeness (QED) is 0.390. The third-order valence-corrected chi connectivity index (χ3v) is 4.74. The molecule has 1 saturated heterocycles.